The number of rotatable bonds is 50. The van der Waals surface area contributed by atoms with Gasteiger partial charge in [-0.2, -0.15) is 0 Å². The molecule has 0 heterocycles. The first-order chi connectivity index (χ1) is 33.0. The molecule has 0 aliphatic heterocycles. The highest BCUT2D eigenvalue weighted by Gasteiger charge is 2.19. The lowest BCUT2D eigenvalue weighted by Crippen LogP contribution is -2.30. The smallest absolute Gasteiger partial charge is 0.306 e. The third-order valence-electron chi connectivity index (χ3n) is 11.9. The largest absolute Gasteiger partial charge is 0.462 e. The SMILES string of the molecule is CC/C=C\C/C=C\C/C=C\C/C=C\C/C=C\C/C=C\C/C=C\CCCCCCCCCCCC(=O)OCC(COC(=O)CCCCCCCCCC)OC(=O)CCCCCCCCCCCC. The number of hydrogen-bond donors (Lipinski definition) is 0. The van der Waals surface area contributed by atoms with Crippen LogP contribution in [0.25, 0.3) is 0 Å². The van der Waals surface area contributed by atoms with Crippen molar-refractivity contribution in [2.45, 2.75) is 271 Å². The monoisotopic (exact) mass is 933 g/mol. The van der Waals surface area contributed by atoms with E-state index in [0.717, 1.165) is 109 Å². The van der Waals surface area contributed by atoms with Crippen LogP contribution in [0.15, 0.2) is 85.1 Å². The number of unbranched alkanes of at least 4 members (excludes halogenated alkanes) is 25. The highest BCUT2D eigenvalue weighted by molar-refractivity contribution is 5.71. The van der Waals surface area contributed by atoms with Crippen molar-refractivity contribution in [3.05, 3.63) is 85.1 Å². The first-order valence-electron chi connectivity index (χ1n) is 28.1. The average Bonchev–Trinajstić information content (AvgIpc) is 3.33. The topological polar surface area (TPSA) is 78.9 Å². The van der Waals surface area contributed by atoms with Gasteiger partial charge in [0.05, 0.1) is 0 Å². The maximum Gasteiger partial charge on any atom is 0.306 e. The summed E-state index contributed by atoms with van der Waals surface area (Å²) < 4.78 is 16.7. The summed E-state index contributed by atoms with van der Waals surface area (Å²) in [5, 5.41) is 0. The van der Waals surface area contributed by atoms with E-state index >= 15 is 0 Å². The Balaban J connectivity index is 4.09. The van der Waals surface area contributed by atoms with E-state index in [2.05, 4.69) is 106 Å². The zero-order chi connectivity index (χ0) is 48.6. The van der Waals surface area contributed by atoms with Crippen molar-refractivity contribution in [3.8, 4) is 0 Å². The van der Waals surface area contributed by atoms with Crippen LogP contribution in [0, 0.1) is 0 Å². The number of esters is 3. The molecule has 0 aliphatic rings. The molecule has 0 fully saturated rings. The molecular weight excluding hydrogens is 829 g/mol. The van der Waals surface area contributed by atoms with E-state index in [-0.39, 0.29) is 31.1 Å². The van der Waals surface area contributed by atoms with Crippen LogP contribution < -0.4 is 0 Å². The van der Waals surface area contributed by atoms with Crippen molar-refractivity contribution in [1.29, 1.82) is 0 Å². The molecule has 0 aromatic rings. The van der Waals surface area contributed by atoms with E-state index < -0.39 is 6.10 Å². The standard InChI is InChI=1S/C61H104O6/c1-4-7-10-13-16-19-21-22-23-24-25-26-27-28-29-30-31-32-33-34-35-36-37-38-39-40-41-43-45-48-51-54-60(63)66-57-58(56-65-59(62)53-50-47-44-18-15-12-9-6-3)67-61(64)55-52-49-46-42-20-17-14-11-8-5-2/h7,10,16,19,22-23,25-26,28-29,31-32,34-35,58H,4-6,8-9,11-15,17-18,20-21,24,27,30,33,36-57H2,1-3H3/b10-7-,19-16-,23-22-,26-25-,29-28-,32-31-,35-34-. The van der Waals surface area contributed by atoms with Gasteiger partial charge in [-0.25, -0.2) is 0 Å². The third-order valence-corrected chi connectivity index (χ3v) is 11.9. The van der Waals surface area contributed by atoms with Gasteiger partial charge >= 0.3 is 17.9 Å². The third kappa shape index (κ3) is 53.4. The van der Waals surface area contributed by atoms with Crippen molar-refractivity contribution in [1.82, 2.24) is 0 Å². The molecule has 0 N–H and O–H groups in total. The first kappa shape index (κ1) is 63.6. The Hall–Kier alpha value is -3.41. The molecule has 0 aliphatic carbocycles. The minimum Gasteiger partial charge on any atom is -0.462 e. The maximum absolute atomic E-state index is 12.7. The second-order valence-corrected chi connectivity index (χ2v) is 18.5. The maximum atomic E-state index is 12.7. The van der Waals surface area contributed by atoms with Crippen LogP contribution in [0.4, 0.5) is 0 Å². The Labute approximate surface area is 414 Å². The van der Waals surface area contributed by atoms with Crippen LogP contribution in [0.1, 0.15) is 265 Å². The Morgan fingerprint density at radius 2 is 0.582 bits per heavy atom. The minimum atomic E-state index is -0.772. The van der Waals surface area contributed by atoms with E-state index in [4.69, 9.17) is 14.2 Å². The van der Waals surface area contributed by atoms with Gasteiger partial charge in [-0.3, -0.25) is 14.4 Å². The van der Waals surface area contributed by atoms with Crippen molar-refractivity contribution in [2.24, 2.45) is 0 Å². The molecule has 0 radical (unpaired) electrons. The molecule has 0 aromatic carbocycles. The van der Waals surface area contributed by atoms with Crippen LogP contribution in [0.3, 0.4) is 0 Å². The average molecular weight is 933 g/mol. The summed E-state index contributed by atoms with van der Waals surface area (Å²) in [6.07, 6.45) is 71.7. The summed E-state index contributed by atoms with van der Waals surface area (Å²) in [6.45, 7) is 6.48. The predicted octanol–water partition coefficient (Wildman–Crippen LogP) is 18.8. The van der Waals surface area contributed by atoms with E-state index in [0.29, 0.717) is 19.3 Å². The van der Waals surface area contributed by atoms with Crippen molar-refractivity contribution < 1.29 is 28.6 Å². The first-order valence-corrected chi connectivity index (χ1v) is 28.1. The van der Waals surface area contributed by atoms with Gasteiger partial charge in [0, 0.05) is 19.3 Å². The van der Waals surface area contributed by atoms with E-state index in [1.165, 1.54) is 116 Å². The predicted molar refractivity (Wildman–Crippen MR) is 288 cm³/mol. The Morgan fingerprint density at radius 1 is 0.313 bits per heavy atom. The quantitative estimate of drug-likeness (QED) is 0.0262. The van der Waals surface area contributed by atoms with Crippen molar-refractivity contribution >= 4 is 17.9 Å². The van der Waals surface area contributed by atoms with Gasteiger partial charge in [0.15, 0.2) is 6.10 Å². The fourth-order valence-corrected chi connectivity index (χ4v) is 7.72. The van der Waals surface area contributed by atoms with Crippen LogP contribution in [-0.2, 0) is 28.6 Å². The molecule has 0 spiro atoms. The van der Waals surface area contributed by atoms with Crippen molar-refractivity contribution in [3.63, 3.8) is 0 Å². The van der Waals surface area contributed by atoms with E-state index in [1.807, 2.05) is 0 Å². The van der Waals surface area contributed by atoms with Gasteiger partial charge in [0.2, 0.25) is 0 Å². The highest BCUT2D eigenvalue weighted by Crippen LogP contribution is 2.15. The lowest BCUT2D eigenvalue weighted by Gasteiger charge is -2.18. The Bertz CT molecular complexity index is 1300. The van der Waals surface area contributed by atoms with Gasteiger partial charge in [0.1, 0.15) is 13.2 Å². The molecule has 0 amide bonds. The summed E-state index contributed by atoms with van der Waals surface area (Å²) in [7, 11) is 0. The summed E-state index contributed by atoms with van der Waals surface area (Å²) in [6, 6.07) is 0. The van der Waals surface area contributed by atoms with Gasteiger partial charge < -0.3 is 14.2 Å². The van der Waals surface area contributed by atoms with Gasteiger partial charge in [-0.15, -0.1) is 0 Å². The molecule has 1 atom stereocenters. The highest BCUT2D eigenvalue weighted by atomic mass is 16.6. The second kappa shape index (κ2) is 55.2. The van der Waals surface area contributed by atoms with Gasteiger partial charge in [-0.05, 0) is 77.0 Å². The summed E-state index contributed by atoms with van der Waals surface area (Å²) in [5.74, 6) is -0.884. The van der Waals surface area contributed by atoms with E-state index in [1.54, 1.807) is 0 Å². The number of carbonyl (C=O) groups is 3. The van der Waals surface area contributed by atoms with Crippen molar-refractivity contribution in [2.75, 3.05) is 13.2 Å². The molecular formula is C61H104O6. The Kier molecular flexibility index (Phi) is 52.4. The molecule has 0 rings (SSSR count). The van der Waals surface area contributed by atoms with Crippen LogP contribution in [-0.4, -0.2) is 37.2 Å². The Morgan fingerprint density at radius 3 is 0.910 bits per heavy atom. The lowest BCUT2D eigenvalue weighted by atomic mass is 10.1. The number of hydrogen-bond acceptors (Lipinski definition) is 6. The van der Waals surface area contributed by atoms with Gasteiger partial charge in [-0.1, -0.05) is 254 Å². The van der Waals surface area contributed by atoms with E-state index in [9.17, 15) is 14.4 Å². The van der Waals surface area contributed by atoms with Crippen LogP contribution in [0.5, 0.6) is 0 Å². The fraction of sp³-hybridized carbons (Fsp3) is 0.721. The molecule has 0 bridgehead atoms. The lowest BCUT2D eigenvalue weighted by molar-refractivity contribution is -0.167. The molecule has 384 valence electrons. The molecule has 0 aromatic heterocycles. The normalized spacial score (nSPS) is 12.7. The molecule has 0 saturated carbocycles. The number of ether oxygens (including phenoxy) is 3. The summed E-state index contributed by atoms with van der Waals surface area (Å²) >= 11 is 0. The number of allylic oxidation sites excluding steroid dienone is 14. The molecule has 6 heteroatoms. The zero-order valence-corrected chi connectivity index (χ0v) is 43.9. The molecule has 67 heavy (non-hydrogen) atoms. The minimum absolute atomic E-state index is 0.0747. The van der Waals surface area contributed by atoms with Crippen LogP contribution in [0.2, 0.25) is 0 Å². The van der Waals surface area contributed by atoms with Gasteiger partial charge in [0.25, 0.3) is 0 Å². The molecule has 0 saturated heterocycles. The molecule has 6 nitrogen and oxygen atoms in total. The van der Waals surface area contributed by atoms with Crippen LogP contribution >= 0.6 is 0 Å². The summed E-state index contributed by atoms with van der Waals surface area (Å²) in [4.78, 5) is 37.8. The summed E-state index contributed by atoms with van der Waals surface area (Å²) in [5.41, 5.74) is 0. The molecule has 1 unspecified atom stereocenters. The fourth-order valence-electron chi connectivity index (χ4n) is 7.72. The number of carbonyl (C=O) groups excluding carboxylic acids is 3. The zero-order valence-electron chi connectivity index (χ0n) is 43.9. The second-order valence-electron chi connectivity index (χ2n) is 18.5.